The highest BCUT2D eigenvalue weighted by Crippen LogP contribution is 2.40. The second-order valence-corrected chi connectivity index (χ2v) is 38.7. The number of allylic oxidation sites excluding steroid dienone is 3. The van der Waals surface area contributed by atoms with Crippen molar-refractivity contribution in [3.8, 4) is 40.2 Å². The van der Waals surface area contributed by atoms with Gasteiger partial charge in [-0.25, -0.2) is 14.4 Å². The molecule has 0 radical (unpaired) electrons. The minimum atomic E-state index is -2.49. The van der Waals surface area contributed by atoms with Gasteiger partial charge < -0.3 is 46.1 Å². The number of carbonyl (C=O) groups is 3. The van der Waals surface area contributed by atoms with Crippen LogP contribution in [0.25, 0.3) is 0 Å². The second kappa shape index (κ2) is 29.3. The Hall–Kier alpha value is -8.00. The molecule has 0 N–H and O–H groups in total. The van der Waals surface area contributed by atoms with Gasteiger partial charge in [-0.1, -0.05) is 157 Å². The van der Waals surface area contributed by atoms with Crippen LogP contribution in [-0.4, -0.2) is 57.9 Å². The SMILES string of the molecule is COc1cc(CCC[Si](C)(C)O[Si](C)(C)O[Si](C)(C)CCCc2ccc(OC(=O)Oc3ccc(C(C)(C)c4ccc(OC(=O)OC5=CCC(C(C)(C)c6ccccc6)C=C5)cc4)cc3)c(OC)c2)ccc1OC(=O)Oc1ccc(C(C)(C)c2ccccc2)cc1. The summed E-state index contributed by atoms with van der Waals surface area (Å²) in [6, 6.07) is 55.9. The van der Waals surface area contributed by atoms with E-state index in [-0.39, 0.29) is 28.2 Å². The number of methoxy groups -OCH3 is 2. The summed E-state index contributed by atoms with van der Waals surface area (Å²) in [5.74, 6) is 3.21. The van der Waals surface area contributed by atoms with Crippen LogP contribution in [0.2, 0.25) is 51.4 Å². The van der Waals surface area contributed by atoms with E-state index in [1.807, 2.05) is 97.1 Å². The average molecular weight is 1270 g/mol. The zero-order valence-electron chi connectivity index (χ0n) is 54.7. The normalized spacial score (nSPS) is 13.8. The van der Waals surface area contributed by atoms with Gasteiger partial charge in [0.2, 0.25) is 0 Å². The molecule has 0 aromatic heterocycles. The molecule has 7 aromatic carbocycles. The highest BCUT2D eigenvalue weighted by molar-refractivity contribution is 6.87. The number of ether oxygens (including phenoxy) is 8. The van der Waals surface area contributed by atoms with Crippen molar-refractivity contribution in [2.24, 2.45) is 5.92 Å². The van der Waals surface area contributed by atoms with Gasteiger partial charge in [0.1, 0.15) is 23.0 Å². The molecule has 0 aliphatic heterocycles. The van der Waals surface area contributed by atoms with Crippen LogP contribution < -0.4 is 33.2 Å². The molecule has 13 nitrogen and oxygen atoms in total. The Morgan fingerprint density at radius 3 is 1.17 bits per heavy atom. The van der Waals surface area contributed by atoms with E-state index in [9.17, 15) is 14.4 Å². The first-order chi connectivity index (χ1) is 42.6. The van der Waals surface area contributed by atoms with Crippen molar-refractivity contribution >= 4 is 43.7 Å². The maximum Gasteiger partial charge on any atom is 0.519 e. The molecular weight excluding hydrogens is 1180 g/mol. The molecule has 0 heterocycles. The Balaban J connectivity index is 0.735. The Morgan fingerprint density at radius 2 is 0.800 bits per heavy atom. The fourth-order valence-electron chi connectivity index (χ4n) is 11.7. The van der Waals surface area contributed by atoms with Crippen LogP contribution in [0.5, 0.6) is 40.2 Å². The number of rotatable bonds is 26. The van der Waals surface area contributed by atoms with E-state index < -0.39 is 49.1 Å². The van der Waals surface area contributed by atoms with E-state index in [4.69, 9.17) is 46.1 Å². The van der Waals surface area contributed by atoms with Gasteiger partial charge in [0.05, 0.1) is 14.2 Å². The van der Waals surface area contributed by atoms with E-state index in [2.05, 4.69) is 123 Å². The third kappa shape index (κ3) is 18.6. The molecule has 0 fully saturated rings. The predicted molar refractivity (Wildman–Crippen MR) is 362 cm³/mol. The third-order valence-electron chi connectivity index (χ3n) is 16.9. The quantitative estimate of drug-likeness (QED) is 0.0288. The monoisotopic (exact) mass is 1270 g/mol. The van der Waals surface area contributed by atoms with Crippen molar-refractivity contribution in [3.63, 3.8) is 0 Å². The van der Waals surface area contributed by atoms with Crippen LogP contribution in [-0.2, 0) is 42.1 Å². The lowest BCUT2D eigenvalue weighted by Gasteiger charge is -2.39. The molecule has 474 valence electrons. The second-order valence-electron chi connectivity index (χ2n) is 26.2. The number of hydrogen-bond donors (Lipinski definition) is 0. The van der Waals surface area contributed by atoms with Crippen molar-refractivity contribution in [1.82, 2.24) is 0 Å². The van der Waals surface area contributed by atoms with E-state index >= 15 is 0 Å². The highest BCUT2D eigenvalue weighted by Gasteiger charge is 2.39. The smallest absolute Gasteiger partial charge is 0.493 e. The number of hydrogen-bond acceptors (Lipinski definition) is 13. The highest BCUT2D eigenvalue weighted by atomic mass is 28.5. The molecule has 1 aliphatic rings. The summed E-state index contributed by atoms with van der Waals surface area (Å²) >= 11 is 0. The molecular formula is C74H88O13Si3. The van der Waals surface area contributed by atoms with E-state index in [1.165, 1.54) is 11.1 Å². The van der Waals surface area contributed by atoms with Gasteiger partial charge in [-0.05, 0) is 207 Å². The Labute approximate surface area is 535 Å². The summed E-state index contributed by atoms with van der Waals surface area (Å²) in [7, 11) is -3.65. The molecule has 1 aliphatic carbocycles. The third-order valence-corrected chi connectivity index (χ3v) is 28.4. The van der Waals surface area contributed by atoms with Crippen molar-refractivity contribution in [2.75, 3.05) is 14.2 Å². The maximum atomic E-state index is 13.1. The van der Waals surface area contributed by atoms with Crippen molar-refractivity contribution in [2.45, 2.75) is 141 Å². The number of carbonyl (C=O) groups excluding carboxylic acids is 3. The topological polar surface area (TPSA) is 144 Å². The molecule has 7 aromatic rings. The molecule has 0 spiro atoms. The van der Waals surface area contributed by atoms with Crippen molar-refractivity contribution in [3.05, 3.63) is 233 Å². The predicted octanol–water partition coefficient (Wildman–Crippen LogP) is 19.2. The molecule has 0 saturated carbocycles. The van der Waals surface area contributed by atoms with Gasteiger partial charge in [0.25, 0.3) is 0 Å². The Kier molecular flexibility index (Phi) is 22.1. The molecule has 1 unspecified atom stereocenters. The molecule has 0 bridgehead atoms. The minimum Gasteiger partial charge on any atom is -0.493 e. The van der Waals surface area contributed by atoms with Gasteiger partial charge in [0.15, 0.2) is 39.6 Å². The molecule has 16 heteroatoms. The van der Waals surface area contributed by atoms with E-state index in [0.717, 1.165) is 72.0 Å². The Bertz CT molecular complexity index is 3610. The molecule has 0 saturated heterocycles. The van der Waals surface area contributed by atoms with Gasteiger partial charge in [0, 0.05) is 10.8 Å². The van der Waals surface area contributed by atoms with Crippen LogP contribution in [0, 0.1) is 5.92 Å². The summed E-state index contributed by atoms with van der Waals surface area (Å²) < 4.78 is 58.7. The zero-order valence-corrected chi connectivity index (χ0v) is 57.7. The summed E-state index contributed by atoms with van der Waals surface area (Å²) in [4.78, 5) is 38.8. The Morgan fingerprint density at radius 1 is 0.433 bits per heavy atom. The van der Waals surface area contributed by atoms with Gasteiger partial charge in [-0.2, -0.15) is 0 Å². The van der Waals surface area contributed by atoms with E-state index in [0.29, 0.717) is 34.5 Å². The van der Waals surface area contributed by atoms with Crippen LogP contribution >= 0.6 is 0 Å². The van der Waals surface area contributed by atoms with Crippen LogP contribution in [0.4, 0.5) is 14.4 Å². The lowest BCUT2D eigenvalue weighted by molar-refractivity contribution is 0.128. The minimum absolute atomic E-state index is 0.0822. The molecule has 1 atom stereocenters. The number of benzene rings is 7. The lowest BCUT2D eigenvalue weighted by atomic mass is 9.71. The fourth-order valence-corrected chi connectivity index (χ4v) is 25.8. The molecule has 0 amide bonds. The van der Waals surface area contributed by atoms with Crippen LogP contribution in [0.1, 0.15) is 99.7 Å². The van der Waals surface area contributed by atoms with Gasteiger partial charge >= 0.3 is 27.0 Å². The first-order valence-electron chi connectivity index (χ1n) is 30.9. The maximum absolute atomic E-state index is 13.1. The van der Waals surface area contributed by atoms with E-state index in [1.54, 1.807) is 62.8 Å². The molecule has 8 rings (SSSR count). The summed E-state index contributed by atoms with van der Waals surface area (Å²) in [6.45, 7) is 26.3. The summed E-state index contributed by atoms with van der Waals surface area (Å²) in [5.41, 5.74) is 6.87. The van der Waals surface area contributed by atoms with Crippen molar-refractivity contribution < 1.29 is 60.5 Å². The standard InChI is InChI=1S/C74H88O13Si3/c1-72(2,55-25-17-15-18-26-55)57-31-39-61(40-32-57)80-69(75)81-62-41-35-59(36-42-62)74(5,6)60-37-45-64(46-38-60)83-71(77)85-66-48-30-54(52-68(66)79-8)24-22-50-89(11,12)87-90(13,14)86-88(9,10)49-21-23-53-29-47-65(67(51-53)78-7)84-70(76)82-63-43-33-58(34-44-63)73(3,4)56-27-19-16-20-28-56/h15-20,25-31,33-48,51-52,57H,21-24,32,49-50H2,1-14H3. The summed E-state index contributed by atoms with van der Waals surface area (Å²) in [5, 5.41) is 0. The average Bonchev–Trinajstić information content (AvgIpc) is 1.20. The zero-order chi connectivity index (χ0) is 64.9. The fraction of sp³-hybridized carbons (Fsp3) is 0.338. The molecule has 90 heavy (non-hydrogen) atoms. The number of aryl methyl sites for hydroxylation is 2. The largest absolute Gasteiger partial charge is 0.519 e. The first-order valence-corrected chi connectivity index (χ1v) is 39.9. The first kappa shape index (κ1) is 67.9. The van der Waals surface area contributed by atoms with Gasteiger partial charge in [-0.3, -0.25) is 0 Å². The van der Waals surface area contributed by atoms with Crippen LogP contribution in [0.3, 0.4) is 0 Å². The lowest BCUT2D eigenvalue weighted by Crippen LogP contribution is -2.52. The van der Waals surface area contributed by atoms with Crippen LogP contribution in [0.15, 0.2) is 194 Å². The van der Waals surface area contributed by atoms with Crippen molar-refractivity contribution in [1.29, 1.82) is 0 Å². The summed E-state index contributed by atoms with van der Waals surface area (Å²) in [6.07, 6.45) is 7.49. The van der Waals surface area contributed by atoms with Gasteiger partial charge in [-0.15, -0.1) is 0 Å².